The number of hydrogen-bond donors (Lipinski definition) is 0. The summed E-state index contributed by atoms with van der Waals surface area (Å²) in [4.78, 5) is 6.42. The molecule has 1 aromatic heterocycles. The molecule has 16 heavy (non-hydrogen) atoms. The third kappa shape index (κ3) is 6.13. The van der Waals surface area contributed by atoms with Gasteiger partial charge in [0, 0.05) is 24.8 Å². The molecule has 0 aromatic carbocycles. The highest BCUT2D eigenvalue weighted by atomic mass is 35.5. The van der Waals surface area contributed by atoms with E-state index in [1.807, 2.05) is 18.7 Å². The Hall–Kier alpha value is -0.540. The third-order valence-corrected chi connectivity index (χ3v) is 2.96. The highest BCUT2D eigenvalue weighted by molar-refractivity contribution is 6.17. The molecule has 0 radical (unpaired) electrons. The van der Waals surface area contributed by atoms with Crippen molar-refractivity contribution in [2.24, 2.45) is 0 Å². The Labute approximate surface area is 103 Å². The lowest BCUT2D eigenvalue weighted by Gasteiger charge is -2.16. The predicted molar refractivity (Wildman–Crippen MR) is 68.9 cm³/mol. The molecule has 0 unspecified atom stereocenters. The number of hydrogen-bond acceptors (Lipinski definition) is 2. The largest absolute Gasteiger partial charge is 0.337 e. The summed E-state index contributed by atoms with van der Waals surface area (Å²) in [5, 5.41) is 0. The zero-order valence-electron chi connectivity index (χ0n) is 10.1. The smallest absolute Gasteiger partial charge is 0.0945 e. The fraction of sp³-hybridized carbons (Fsp3) is 0.750. The Balaban J connectivity index is 1.95. The van der Waals surface area contributed by atoms with E-state index in [1.54, 1.807) is 0 Å². The maximum Gasteiger partial charge on any atom is 0.0945 e. The molecule has 0 bridgehead atoms. The van der Waals surface area contributed by atoms with E-state index in [1.165, 1.54) is 25.8 Å². The molecule has 1 aromatic rings. The Bertz CT molecular complexity index is 249. The maximum absolute atomic E-state index is 5.64. The SMILES string of the molecule is CN(CCCCCCl)CCCn1ccnc1. The zero-order valence-corrected chi connectivity index (χ0v) is 10.9. The molecule has 1 rings (SSSR count). The molecule has 0 spiro atoms. The van der Waals surface area contributed by atoms with E-state index in [2.05, 4.69) is 21.5 Å². The van der Waals surface area contributed by atoms with Crippen molar-refractivity contribution in [2.75, 3.05) is 26.0 Å². The number of halogens is 1. The molecule has 92 valence electrons. The maximum atomic E-state index is 5.64. The standard InChI is InChI=1S/C12H22ClN3/c1-15(8-4-2-3-6-13)9-5-10-16-11-7-14-12-16/h7,11-12H,2-6,8-10H2,1H3. The van der Waals surface area contributed by atoms with Crippen LogP contribution in [0.1, 0.15) is 25.7 Å². The van der Waals surface area contributed by atoms with Crippen LogP contribution in [0, 0.1) is 0 Å². The van der Waals surface area contributed by atoms with Gasteiger partial charge in [0.05, 0.1) is 6.33 Å². The average Bonchev–Trinajstić information content (AvgIpc) is 2.77. The van der Waals surface area contributed by atoms with Gasteiger partial charge < -0.3 is 9.47 Å². The van der Waals surface area contributed by atoms with Crippen molar-refractivity contribution < 1.29 is 0 Å². The van der Waals surface area contributed by atoms with Crippen LogP contribution in [-0.2, 0) is 6.54 Å². The highest BCUT2D eigenvalue weighted by Gasteiger charge is 1.98. The van der Waals surface area contributed by atoms with Gasteiger partial charge in [-0.2, -0.15) is 0 Å². The Kier molecular flexibility index (Phi) is 7.26. The summed E-state index contributed by atoms with van der Waals surface area (Å²) in [6, 6.07) is 0. The summed E-state index contributed by atoms with van der Waals surface area (Å²) in [6.07, 6.45) is 10.5. The van der Waals surface area contributed by atoms with E-state index in [4.69, 9.17) is 11.6 Å². The van der Waals surface area contributed by atoms with E-state index in [0.717, 1.165) is 25.4 Å². The minimum absolute atomic E-state index is 0.796. The van der Waals surface area contributed by atoms with Crippen LogP contribution in [-0.4, -0.2) is 40.5 Å². The van der Waals surface area contributed by atoms with E-state index in [9.17, 15) is 0 Å². The van der Waals surface area contributed by atoms with Crippen molar-refractivity contribution in [3.63, 3.8) is 0 Å². The van der Waals surface area contributed by atoms with Gasteiger partial charge in [-0.25, -0.2) is 4.98 Å². The van der Waals surface area contributed by atoms with Crippen LogP contribution in [0.2, 0.25) is 0 Å². The normalized spacial score (nSPS) is 11.2. The number of alkyl halides is 1. The summed E-state index contributed by atoms with van der Waals surface area (Å²) in [6.45, 7) is 3.39. The molecule has 0 amide bonds. The van der Waals surface area contributed by atoms with E-state index < -0.39 is 0 Å². The van der Waals surface area contributed by atoms with Gasteiger partial charge in [-0.05, 0) is 39.4 Å². The molecular weight excluding hydrogens is 222 g/mol. The van der Waals surface area contributed by atoms with Gasteiger partial charge in [0.2, 0.25) is 0 Å². The number of unbranched alkanes of at least 4 members (excludes halogenated alkanes) is 2. The van der Waals surface area contributed by atoms with Crippen LogP contribution in [0.25, 0.3) is 0 Å². The number of rotatable bonds is 9. The summed E-state index contributed by atoms with van der Waals surface area (Å²) in [5.74, 6) is 0.796. The van der Waals surface area contributed by atoms with E-state index in [-0.39, 0.29) is 0 Å². The fourth-order valence-electron chi connectivity index (χ4n) is 1.71. The molecule has 0 atom stereocenters. The first-order chi connectivity index (χ1) is 7.83. The molecule has 0 aliphatic carbocycles. The molecule has 0 saturated heterocycles. The Morgan fingerprint density at radius 2 is 2.00 bits per heavy atom. The van der Waals surface area contributed by atoms with Crippen molar-refractivity contribution in [3.8, 4) is 0 Å². The molecule has 0 aliphatic rings. The second-order valence-corrected chi connectivity index (χ2v) is 4.58. The van der Waals surface area contributed by atoms with Gasteiger partial charge in [0.25, 0.3) is 0 Å². The lowest BCUT2D eigenvalue weighted by molar-refractivity contribution is 0.314. The monoisotopic (exact) mass is 243 g/mol. The van der Waals surface area contributed by atoms with E-state index in [0.29, 0.717) is 0 Å². The molecule has 0 N–H and O–H groups in total. The van der Waals surface area contributed by atoms with Crippen molar-refractivity contribution >= 4 is 11.6 Å². The van der Waals surface area contributed by atoms with Crippen LogP contribution < -0.4 is 0 Å². The summed E-state index contributed by atoms with van der Waals surface area (Å²) >= 11 is 5.64. The third-order valence-electron chi connectivity index (χ3n) is 2.69. The Morgan fingerprint density at radius 3 is 2.69 bits per heavy atom. The number of aromatic nitrogens is 2. The molecule has 4 heteroatoms. The van der Waals surface area contributed by atoms with Gasteiger partial charge in [0.15, 0.2) is 0 Å². The van der Waals surface area contributed by atoms with Crippen LogP contribution in [0.3, 0.4) is 0 Å². The molecule has 0 aliphatic heterocycles. The summed E-state index contributed by atoms with van der Waals surface area (Å²) < 4.78 is 2.13. The van der Waals surface area contributed by atoms with Crippen molar-refractivity contribution in [2.45, 2.75) is 32.2 Å². The molecule has 1 heterocycles. The van der Waals surface area contributed by atoms with Gasteiger partial charge in [-0.3, -0.25) is 0 Å². The van der Waals surface area contributed by atoms with E-state index >= 15 is 0 Å². The lowest BCUT2D eigenvalue weighted by Crippen LogP contribution is -2.21. The van der Waals surface area contributed by atoms with Gasteiger partial charge in [0.1, 0.15) is 0 Å². The number of imidazole rings is 1. The van der Waals surface area contributed by atoms with Crippen molar-refractivity contribution in [3.05, 3.63) is 18.7 Å². The minimum atomic E-state index is 0.796. The zero-order chi connectivity index (χ0) is 11.6. The van der Waals surface area contributed by atoms with Crippen molar-refractivity contribution in [1.29, 1.82) is 0 Å². The van der Waals surface area contributed by atoms with Gasteiger partial charge in [-0.15, -0.1) is 11.6 Å². The first-order valence-electron chi connectivity index (χ1n) is 6.03. The summed E-state index contributed by atoms with van der Waals surface area (Å²) in [5.41, 5.74) is 0. The Morgan fingerprint density at radius 1 is 1.19 bits per heavy atom. The quantitative estimate of drug-likeness (QED) is 0.491. The first kappa shape index (κ1) is 13.5. The second kappa shape index (κ2) is 8.59. The fourth-order valence-corrected chi connectivity index (χ4v) is 1.90. The first-order valence-corrected chi connectivity index (χ1v) is 6.56. The van der Waals surface area contributed by atoms with Gasteiger partial charge in [-0.1, -0.05) is 6.42 Å². The highest BCUT2D eigenvalue weighted by Crippen LogP contribution is 2.00. The van der Waals surface area contributed by atoms with Gasteiger partial charge >= 0.3 is 0 Å². The van der Waals surface area contributed by atoms with Crippen LogP contribution >= 0.6 is 11.6 Å². The molecule has 0 saturated carbocycles. The molecule has 0 fully saturated rings. The minimum Gasteiger partial charge on any atom is -0.337 e. The van der Waals surface area contributed by atoms with Crippen molar-refractivity contribution in [1.82, 2.24) is 14.5 Å². The number of aryl methyl sites for hydroxylation is 1. The van der Waals surface area contributed by atoms with Crippen LogP contribution in [0.5, 0.6) is 0 Å². The number of nitrogens with zero attached hydrogens (tertiary/aromatic N) is 3. The average molecular weight is 244 g/mol. The second-order valence-electron chi connectivity index (χ2n) is 4.21. The van der Waals surface area contributed by atoms with Crippen LogP contribution in [0.15, 0.2) is 18.7 Å². The summed E-state index contributed by atoms with van der Waals surface area (Å²) in [7, 11) is 2.19. The molecular formula is C12H22ClN3. The topological polar surface area (TPSA) is 21.1 Å². The molecule has 3 nitrogen and oxygen atoms in total. The predicted octanol–water partition coefficient (Wildman–Crippen LogP) is 2.61. The van der Waals surface area contributed by atoms with Crippen LogP contribution in [0.4, 0.5) is 0 Å². The lowest BCUT2D eigenvalue weighted by atomic mass is 10.2.